The van der Waals surface area contributed by atoms with Crippen molar-refractivity contribution in [3.05, 3.63) is 77.5 Å². The smallest absolute Gasteiger partial charge is 0.250 e. The zero-order valence-electron chi connectivity index (χ0n) is 16.3. The molecule has 0 N–H and O–H groups in total. The molecule has 0 saturated carbocycles. The van der Waals surface area contributed by atoms with E-state index >= 15 is 0 Å². The van der Waals surface area contributed by atoms with Gasteiger partial charge < -0.3 is 14.8 Å². The summed E-state index contributed by atoms with van der Waals surface area (Å²) >= 11 is 0. The molecule has 7 nitrogen and oxygen atoms in total. The predicted molar refractivity (Wildman–Crippen MR) is 113 cm³/mol. The SMILES string of the molecule is CN(C)c1ccc([N+]([O-])=CC(=O)c2ccc3c(c2)S(=O)(=O)c2ccccc2O3)cc1. The molecule has 0 atom stereocenters. The maximum Gasteiger partial charge on any atom is 0.250 e. The molecule has 1 heterocycles. The normalized spacial score (nSPS) is 14.3. The molecule has 3 aromatic rings. The number of Topliss-reactive ketones (excluding diaryl/α,β-unsaturated/α-hetero) is 1. The molecule has 0 saturated heterocycles. The molecule has 3 aromatic carbocycles. The third-order valence-corrected chi connectivity index (χ3v) is 6.55. The molecule has 0 fully saturated rings. The molecule has 4 rings (SSSR count). The molecular weight excluding hydrogens is 404 g/mol. The Hall–Kier alpha value is -3.65. The summed E-state index contributed by atoms with van der Waals surface area (Å²) in [5.74, 6) is -0.232. The van der Waals surface area contributed by atoms with Gasteiger partial charge in [0.05, 0.1) is 0 Å². The summed E-state index contributed by atoms with van der Waals surface area (Å²) in [6, 6.07) is 17.1. The number of anilines is 1. The van der Waals surface area contributed by atoms with Crippen LogP contribution in [0, 0.1) is 5.21 Å². The molecule has 0 spiro atoms. The van der Waals surface area contributed by atoms with Crippen LogP contribution in [0.25, 0.3) is 0 Å². The zero-order chi connectivity index (χ0) is 21.5. The van der Waals surface area contributed by atoms with E-state index in [1.165, 1.54) is 24.3 Å². The lowest BCUT2D eigenvalue weighted by Gasteiger charge is -2.20. The van der Waals surface area contributed by atoms with Gasteiger partial charge in [0.25, 0.3) is 0 Å². The molecule has 0 aliphatic carbocycles. The predicted octanol–water partition coefficient (Wildman–Crippen LogP) is 3.79. The topological polar surface area (TPSA) is 89.8 Å². The van der Waals surface area contributed by atoms with Gasteiger partial charge in [0.15, 0.2) is 0 Å². The average molecular weight is 422 g/mol. The zero-order valence-corrected chi connectivity index (χ0v) is 17.1. The summed E-state index contributed by atoms with van der Waals surface area (Å²) in [6.07, 6.45) is 0.886. The monoisotopic (exact) mass is 422 g/mol. The van der Waals surface area contributed by atoms with Crippen molar-refractivity contribution < 1.29 is 22.7 Å². The minimum absolute atomic E-state index is 0.0394. The Morgan fingerprint density at radius 2 is 1.63 bits per heavy atom. The minimum Gasteiger partial charge on any atom is -0.618 e. The van der Waals surface area contributed by atoms with Crippen LogP contribution in [0.15, 0.2) is 76.5 Å². The van der Waals surface area contributed by atoms with Crippen LogP contribution in [0.4, 0.5) is 11.4 Å². The van der Waals surface area contributed by atoms with Gasteiger partial charge in [-0.1, -0.05) is 12.1 Å². The second kappa shape index (κ2) is 7.31. The number of hydrogen-bond acceptors (Lipinski definition) is 6. The molecule has 0 aromatic heterocycles. The van der Waals surface area contributed by atoms with Crippen LogP contribution in [0.5, 0.6) is 11.5 Å². The summed E-state index contributed by atoms with van der Waals surface area (Å²) in [5, 5.41) is 12.4. The van der Waals surface area contributed by atoms with Gasteiger partial charge in [-0.25, -0.2) is 8.42 Å². The third-order valence-electron chi connectivity index (χ3n) is 4.73. The Morgan fingerprint density at radius 3 is 2.33 bits per heavy atom. The molecule has 0 radical (unpaired) electrons. The largest absolute Gasteiger partial charge is 0.618 e. The highest BCUT2D eigenvalue weighted by molar-refractivity contribution is 7.91. The Morgan fingerprint density at radius 1 is 0.967 bits per heavy atom. The van der Waals surface area contributed by atoms with E-state index in [-0.39, 0.29) is 32.5 Å². The van der Waals surface area contributed by atoms with Crippen molar-refractivity contribution in [2.75, 3.05) is 19.0 Å². The second-order valence-electron chi connectivity index (χ2n) is 6.94. The standard InChI is InChI=1S/C22H18N2O5S/c1-23(2)16-8-10-17(11-9-16)24(26)14-18(25)15-7-12-20-22(13-15)30(27,28)21-6-4-3-5-19(21)29-20/h3-14H,1-2H3. The first-order chi connectivity index (χ1) is 14.3. The van der Waals surface area contributed by atoms with E-state index in [2.05, 4.69) is 0 Å². The van der Waals surface area contributed by atoms with E-state index in [4.69, 9.17) is 4.74 Å². The van der Waals surface area contributed by atoms with E-state index in [1.807, 2.05) is 19.0 Å². The van der Waals surface area contributed by atoms with E-state index in [1.54, 1.807) is 42.5 Å². The van der Waals surface area contributed by atoms with Crippen molar-refractivity contribution in [3.8, 4) is 11.5 Å². The minimum atomic E-state index is -3.84. The number of ketones is 1. The van der Waals surface area contributed by atoms with Crippen molar-refractivity contribution in [2.24, 2.45) is 0 Å². The van der Waals surface area contributed by atoms with Gasteiger partial charge in [-0.15, -0.1) is 0 Å². The first-order valence-electron chi connectivity index (χ1n) is 9.06. The molecule has 0 bridgehead atoms. The molecule has 1 aliphatic rings. The van der Waals surface area contributed by atoms with E-state index < -0.39 is 15.6 Å². The number of hydrogen-bond donors (Lipinski definition) is 0. The van der Waals surface area contributed by atoms with Crippen LogP contribution in [0.1, 0.15) is 10.4 Å². The quantitative estimate of drug-likeness (QED) is 0.163. The third kappa shape index (κ3) is 3.42. The first kappa shape index (κ1) is 19.7. The van der Waals surface area contributed by atoms with Crippen LogP contribution in [-0.2, 0) is 9.84 Å². The highest BCUT2D eigenvalue weighted by Gasteiger charge is 2.31. The average Bonchev–Trinajstić information content (AvgIpc) is 2.73. The van der Waals surface area contributed by atoms with Gasteiger partial charge in [-0.3, -0.25) is 4.79 Å². The van der Waals surface area contributed by atoms with Gasteiger partial charge in [0.2, 0.25) is 27.5 Å². The lowest BCUT2D eigenvalue weighted by Crippen LogP contribution is -2.14. The molecule has 30 heavy (non-hydrogen) atoms. The van der Waals surface area contributed by atoms with Crippen LogP contribution in [-0.4, -0.2) is 39.2 Å². The number of rotatable bonds is 4. The van der Waals surface area contributed by atoms with E-state index in [9.17, 15) is 18.4 Å². The van der Waals surface area contributed by atoms with Gasteiger partial charge >= 0.3 is 0 Å². The van der Waals surface area contributed by atoms with E-state index in [0.717, 1.165) is 11.9 Å². The van der Waals surface area contributed by atoms with Crippen LogP contribution >= 0.6 is 0 Å². The van der Waals surface area contributed by atoms with E-state index in [0.29, 0.717) is 4.74 Å². The fourth-order valence-electron chi connectivity index (χ4n) is 3.10. The summed E-state index contributed by atoms with van der Waals surface area (Å²) < 4.78 is 32.0. The lowest BCUT2D eigenvalue weighted by atomic mass is 10.1. The summed E-state index contributed by atoms with van der Waals surface area (Å²) in [5.41, 5.74) is 1.28. The first-order valence-corrected chi connectivity index (χ1v) is 10.5. The number of benzene rings is 3. The molecule has 0 unspecified atom stereocenters. The lowest BCUT2D eigenvalue weighted by molar-refractivity contribution is -0.353. The van der Waals surface area contributed by atoms with Crippen molar-refractivity contribution in [2.45, 2.75) is 9.79 Å². The highest BCUT2D eigenvalue weighted by Crippen LogP contribution is 2.42. The van der Waals surface area contributed by atoms with Crippen molar-refractivity contribution in [3.63, 3.8) is 0 Å². The second-order valence-corrected chi connectivity index (χ2v) is 8.83. The maximum atomic E-state index is 12.9. The van der Waals surface area contributed by atoms with Crippen molar-refractivity contribution >= 4 is 33.2 Å². The number of carbonyl (C=O) groups excluding carboxylic acids is 1. The Bertz CT molecular complexity index is 1280. The number of carbonyl (C=O) groups is 1. The summed E-state index contributed by atoms with van der Waals surface area (Å²) in [6.45, 7) is 0. The molecular formula is C22H18N2O5S. The number of nitrogens with zero attached hydrogens (tertiary/aromatic N) is 2. The fourth-order valence-corrected chi connectivity index (χ4v) is 4.63. The number of sulfone groups is 1. The Balaban J connectivity index is 1.66. The van der Waals surface area contributed by atoms with Crippen LogP contribution in [0.3, 0.4) is 0 Å². The van der Waals surface area contributed by atoms with Crippen molar-refractivity contribution in [1.82, 2.24) is 0 Å². The van der Waals surface area contributed by atoms with Gasteiger partial charge in [0.1, 0.15) is 21.3 Å². The Kier molecular flexibility index (Phi) is 4.79. The summed E-state index contributed by atoms with van der Waals surface area (Å²) in [4.78, 5) is 14.4. The highest BCUT2D eigenvalue weighted by atomic mass is 32.2. The van der Waals surface area contributed by atoms with Gasteiger partial charge in [0, 0.05) is 37.5 Å². The maximum absolute atomic E-state index is 12.9. The van der Waals surface area contributed by atoms with Crippen LogP contribution < -0.4 is 9.64 Å². The molecule has 1 aliphatic heterocycles. The van der Waals surface area contributed by atoms with Crippen LogP contribution in [0.2, 0.25) is 0 Å². The number of fused-ring (bicyclic) bond motifs is 2. The molecule has 0 amide bonds. The summed E-state index contributed by atoms with van der Waals surface area (Å²) in [7, 11) is -0.0768. The Labute approximate surface area is 174 Å². The van der Waals surface area contributed by atoms with Gasteiger partial charge in [-0.05, 0) is 42.5 Å². The van der Waals surface area contributed by atoms with Gasteiger partial charge in [-0.2, -0.15) is 4.74 Å². The fraction of sp³-hybridized carbons (Fsp3) is 0.0909. The molecule has 152 valence electrons. The molecule has 8 heteroatoms. The number of para-hydroxylation sites is 1. The number of ether oxygens (including phenoxy) is 1. The van der Waals surface area contributed by atoms with Crippen molar-refractivity contribution in [1.29, 1.82) is 0 Å².